The van der Waals surface area contributed by atoms with Gasteiger partial charge in [-0.05, 0) is 37.4 Å². The third-order valence-corrected chi connectivity index (χ3v) is 4.45. The van der Waals surface area contributed by atoms with Gasteiger partial charge in [-0.2, -0.15) is 0 Å². The average molecular weight is 288 g/mol. The summed E-state index contributed by atoms with van der Waals surface area (Å²) in [6.45, 7) is 10.2. The Morgan fingerprint density at radius 3 is 2.52 bits per heavy atom. The van der Waals surface area contributed by atoms with Crippen LogP contribution in [0.25, 0.3) is 0 Å². The van der Waals surface area contributed by atoms with Crippen molar-refractivity contribution < 1.29 is 0 Å². The fraction of sp³-hybridized carbons (Fsp3) is 0.706. The molecule has 0 aromatic carbocycles. The van der Waals surface area contributed by atoms with Crippen LogP contribution >= 0.6 is 0 Å². The second kappa shape index (κ2) is 7.34. The Labute approximate surface area is 128 Å². The van der Waals surface area contributed by atoms with Crippen molar-refractivity contribution in [3.8, 4) is 0 Å². The van der Waals surface area contributed by atoms with Crippen LogP contribution in [0.4, 0.5) is 0 Å². The van der Waals surface area contributed by atoms with E-state index >= 15 is 0 Å². The minimum Gasteiger partial charge on any atom is -0.310 e. The zero-order valence-electron chi connectivity index (χ0n) is 13.2. The van der Waals surface area contributed by atoms with Gasteiger partial charge >= 0.3 is 0 Å². The van der Waals surface area contributed by atoms with Crippen LogP contribution in [0.2, 0.25) is 0 Å². The molecule has 0 bridgehead atoms. The summed E-state index contributed by atoms with van der Waals surface area (Å²) in [6, 6.07) is 5.19. The molecule has 1 aliphatic heterocycles. The van der Waals surface area contributed by atoms with E-state index in [0.29, 0.717) is 0 Å². The Balaban J connectivity index is 1.42. The molecule has 116 valence electrons. The molecular formula is C17H28N4. The van der Waals surface area contributed by atoms with Crippen LogP contribution in [-0.4, -0.2) is 53.5 Å². The summed E-state index contributed by atoms with van der Waals surface area (Å²) < 4.78 is 0. The summed E-state index contributed by atoms with van der Waals surface area (Å²) in [5, 5.41) is 3.53. The molecule has 1 saturated carbocycles. The van der Waals surface area contributed by atoms with E-state index < -0.39 is 0 Å². The van der Waals surface area contributed by atoms with Gasteiger partial charge in [-0.15, -0.1) is 0 Å². The van der Waals surface area contributed by atoms with Crippen molar-refractivity contribution >= 4 is 0 Å². The zero-order valence-corrected chi connectivity index (χ0v) is 13.2. The van der Waals surface area contributed by atoms with Crippen LogP contribution in [0.5, 0.6) is 0 Å². The molecule has 0 spiro atoms. The van der Waals surface area contributed by atoms with Crippen molar-refractivity contribution in [1.29, 1.82) is 0 Å². The monoisotopic (exact) mass is 288 g/mol. The summed E-state index contributed by atoms with van der Waals surface area (Å²) >= 11 is 0. The summed E-state index contributed by atoms with van der Waals surface area (Å²) in [4.78, 5) is 9.72. The summed E-state index contributed by atoms with van der Waals surface area (Å²) in [7, 11) is 0. The molecule has 2 fully saturated rings. The molecule has 2 aliphatic rings. The highest BCUT2D eigenvalue weighted by Crippen LogP contribution is 2.19. The highest BCUT2D eigenvalue weighted by molar-refractivity contribution is 5.14. The lowest BCUT2D eigenvalue weighted by Gasteiger charge is -2.34. The average Bonchev–Trinajstić information content (AvgIpc) is 3.33. The first-order chi connectivity index (χ1) is 10.3. The van der Waals surface area contributed by atoms with Gasteiger partial charge in [-0.25, -0.2) is 0 Å². The van der Waals surface area contributed by atoms with Crippen molar-refractivity contribution in [2.45, 2.75) is 45.3 Å². The summed E-state index contributed by atoms with van der Waals surface area (Å²) in [5.74, 6) is 0. The maximum atomic E-state index is 4.63. The second-order valence-corrected chi connectivity index (χ2v) is 6.43. The number of pyridine rings is 1. The molecule has 4 heteroatoms. The third kappa shape index (κ3) is 4.77. The fourth-order valence-corrected chi connectivity index (χ4v) is 2.92. The van der Waals surface area contributed by atoms with E-state index in [1.807, 2.05) is 6.20 Å². The third-order valence-electron chi connectivity index (χ3n) is 4.45. The molecule has 3 rings (SSSR count). The van der Waals surface area contributed by atoms with Crippen LogP contribution in [0.1, 0.15) is 37.4 Å². The molecule has 1 N–H and O–H groups in total. The number of rotatable bonds is 7. The van der Waals surface area contributed by atoms with Crippen molar-refractivity contribution in [3.63, 3.8) is 0 Å². The normalized spacial score (nSPS) is 20.8. The Morgan fingerprint density at radius 1 is 1.14 bits per heavy atom. The van der Waals surface area contributed by atoms with Crippen molar-refractivity contribution in [3.05, 3.63) is 29.6 Å². The van der Waals surface area contributed by atoms with Gasteiger partial charge < -0.3 is 10.2 Å². The first-order valence-corrected chi connectivity index (χ1v) is 8.45. The van der Waals surface area contributed by atoms with Crippen LogP contribution < -0.4 is 5.32 Å². The Morgan fingerprint density at radius 2 is 1.90 bits per heavy atom. The summed E-state index contributed by atoms with van der Waals surface area (Å²) in [5.41, 5.74) is 2.51. The lowest BCUT2D eigenvalue weighted by molar-refractivity contribution is 0.126. The van der Waals surface area contributed by atoms with Crippen LogP contribution in [0, 0.1) is 0 Å². The Hall–Kier alpha value is -0.970. The van der Waals surface area contributed by atoms with Gasteiger partial charge in [-0.3, -0.25) is 9.88 Å². The van der Waals surface area contributed by atoms with E-state index in [-0.39, 0.29) is 0 Å². The highest BCUT2D eigenvalue weighted by Gasteiger charge is 2.20. The van der Waals surface area contributed by atoms with E-state index in [1.165, 1.54) is 63.2 Å². The number of nitrogens with one attached hydrogen (secondary N) is 1. The molecule has 1 saturated heterocycles. The number of hydrogen-bond donors (Lipinski definition) is 1. The van der Waals surface area contributed by atoms with Crippen LogP contribution in [-0.2, 0) is 13.1 Å². The van der Waals surface area contributed by atoms with Gasteiger partial charge in [0, 0.05) is 51.5 Å². The number of nitrogens with zero attached hydrogens (tertiary/aromatic N) is 3. The molecule has 0 atom stereocenters. The van der Waals surface area contributed by atoms with Gasteiger partial charge in [0.05, 0.1) is 5.69 Å². The maximum absolute atomic E-state index is 4.63. The van der Waals surface area contributed by atoms with E-state index in [9.17, 15) is 0 Å². The van der Waals surface area contributed by atoms with Crippen molar-refractivity contribution in [2.75, 3.05) is 32.7 Å². The zero-order chi connectivity index (χ0) is 14.5. The minimum atomic E-state index is 0.768. The predicted molar refractivity (Wildman–Crippen MR) is 86.1 cm³/mol. The standard InChI is InChI=1S/C17H28N4/c1-2-7-20-8-10-21(11-9-20)14-17-4-3-15(13-19-17)12-18-16-5-6-16/h3-4,13,16,18H,2,5-12,14H2,1H3. The highest BCUT2D eigenvalue weighted by atomic mass is 15.3. The molecular weight excluding hydrogens is 260 g/mol. The fourth-order valence-electron chi connectivity index (χ4n) is 2.92. The topological polar surface area (TPSA) is 31.4 Å². The lowest BCUT2D eigenvalue weighted by Crippen LogP contribution is -2.46. The van der Waals surface area contributed by atoms with E-state index in [0.717, 1.165) is 19.1 Å². The number of aromatic nitrogens is 1. The van der Waals surface area contributed by atoms with Crippen LogP contribution in [0.3, 0.4) is 0 Å². The molecule has 1 aromatic heterocycles. The molecule has 1 aliphatic carbocycles. The van der Waals surface area contributed by atoms with E-state index in [4.69, 9.17) is 0 Å². The Kier molecular flexibility index (Phi) is 5.22. The first-order valence-electron chi connectivity index (χ1n) is 8.45. The molecule has 0 amide bonds. The summed E-state index contributed by atoms with van der Waals surface area (Å²) in [6.07, 6.45) is 5.99. The minimum absolute atomic E-state index is 0.768. The van der Waals surface area contributed by atoms with E-state index in [1.54, 1.807) is 0 Å². The van der Waals surface area contributed by atoms with Gasteiger partial charge in [0.25, 0.3) is 0 Å². The molecule has 21 heavy (non-hydrogen) atoms. The quantitative estimate of drug-likeness (QED) is 0.830. The second-order valence-electron chi connectivity index (χ2n) is 6.43. The Bertz CT molecular complexity index is 419. The number of hydrogen-bond acceptors (Lipinski definition) is 4. The maximum Gasteiger partial charge on any atom is 0.0544 e. The molecule has 1 aromatic rings. The van der Waals surface area contributed by atoms with Gasteiger partial charge in [0.15, 0.2) is 0 Å². The predicted octanol–water partition coefficient (Wildman–Crippen LogP) is 1.86. The van der Waals surface area contributed by atoms with E-state index in [2.05, 4.69) is 39.2 Å². The molecule has 2 heterocycles. The smallest absolute Gasteiger partial charge is 0.0544 e. The molecule has 0 radical (unpaired) electrons. The van der Waals surface area contributed by atoms with Crippen molar-refractivity contribution in [1.82, 2.24) is 20.1 Å². The molecule has 0 unspecified atom stereocenters. The largest absolute Gasteiger partial charge is 0.310 e. The van der Waals surface area contributed by atoms with Crippen molar-refractivity contribution in [2.24, 2.45) is 0 Å². The SMILES string of the molecule is CCCN1CCN(Cc2ccc(CNC3CC3)cn2)CC1. The lowest BCUT2D eigenvalue weighted by atomic mass is 10.2. The molecule has 4 nitrogen and oxygen atoms in total. The van der Waals surface area contributed by atoms with Crippen LogP contribution in [0.15, 0.2) is 18.3 Å². The van der Waals surface area contributed by atoms with Gasteiger partial charge in [-0.1, -0.05) is 13.0 Å². The first kappa shape index (κ1) is 14.9. The van der Waals surface area contributed by atoms with Gasteiger partial charge in [0.1, 0.15) is 0 Å². The number of piperazine rings is 1. The van der Waals surface area contributed by atoms with Gasteiger partial charge in [0.2, 0.25) is 0 Å².